The number of esters is 1. The van der Waals surface area contributed by atoms with Gasteiger partial charge in [0.25, 0.3) is 0 Å². The minimum atomic E-state index is -0.600. The van der Waals surface area contributed by atoms with Gasteiger partial charge in [0.2, 0.25) is 5.89 Å². The molecule has 0 aliphatic rings. The molecule has 3 rings (SSSR count). The first-order chi connectivity index (χ1) is 16.7. The second-order valence-corrected chi connectivity index (χ2v) is 9.78. The van der Waals surface area contributed by atoms with Crippen LogP contribution >= 0.6 is 51.5 Å². The quantitative estimate of drug-likeness (QED) is 0.220. The maximum atomic E-state index is 12.4. The van der Waals surface area contributed by atoms with E-state index in [-0.39, 0.29) is 17.1 Å². The van der Waals surface area contributed by atoms with Crippen LogP contribution in [0.1, 0.15) is 33.7 Å². The SMILES string of the molecule is COC(=O)c1c(Br)c(OC)cc(O)c1CSC[C@H](NC(=S)Nc1ccc(Cl)cc1)c1nc(C)no1. The number of thiocarbonyl (C=S) groups is 1. The first kappa shape index (κ1) is 27.1. The van der Waals surface area contributed by atoms with E-state index in [0.29, 0.717) is 43.4 Å². The van der Waals surface area contributed by atoms with Crippen LogP contribution in [0, 0.1) is 6.92 Å². The summed E-state index contributed by atoms with van der Waals surface area (Å²) in [6, 6.07) is 8.10. The van der Waals surface area contributed by atoms with Gasteiger partial charge >= 0.3 is 5.97 Å². The fourth-order valence-electron chi connectivity index (χ4n) is 3.03. The van der Waals surface area contributed by atoms with Gasteiger partial charge in [-0.05, 0) is 59.3 Å². The van der Waals surface area contributed by atoms with Gasteiger partial charge in [-0.3, -0.25) is 0 Å². The molecular weight excluding hydrogens is 580 g/mol. The molecule has 1 atom stereocenters. The average molecular weight is 602 g/mol. The Morgan fingerprint density at radius 1 is 1.34 bits per heavy atom. The lowest BCUT2D eigenvalue weighted by Gasteiger charge is -2.19. The third-order valence-corrected chi connectivity index (χ3v) is 7.02. The lowest BCUT2D eigenvalue weighted by molar-refractivity contribution is 0.0597. The molecular formula is C22H22BrClN4O5S2. The third-order valence-electron chi connectivity index (χ3n) is 4.70. The molecule has 0 amide bonds. The number of methoxy groups -OCH3 is 2. The standard InChI is InChI=1S/C22H22BrClN4O5S2/c1-11-25-20(33-28-11)15(27-22(34)26-13-6-4-12(24)5-7-13)10-35-9-14-16(29)8-17(31-2)19(23)18(14)21(30)32-3/h4-8,15,29H,9-10H2,1-3H3,(H2,26,27,34)/t15-/m0/s1. The molecule has 0 spiro atoms. The number of hydrogen-bond donors (Lipinski definition) is 3. The van der Waals surface area contributed by atoms with E-state index in [1.807, 2.05) is 0 Å². The van der Waals surface area contributed by atoms with Crippen molar-refractivity contribution in [3.63, 3.8) is 0 Å². The van der Waals surface area contributed by atoms with Crippen molar-refractivity contribution in [2.75, 3.05) is 25.3 Å². The zero-order valence-electron chi connectivity index (χ0n) is 18.9. The number of halogens is 2. The fourth-order valence-corrected chi connectivity index (χ4v) is 5.17. The van der Waals surface area contributed by atoms with Crippen LogP contribution in [0.15, 0.2) is 39.3 Å². The van der Waals surface area contributed by atoms with E-state index < -0.39 is 12.0 Å². The van der Waals surface area contributed by atoms with Crippen molar-refractivity contribution in [2.45, 2.75) is 18.7 Å². The molecule has 9 nitrogen and oxygen atoms in total. The number of aromatic hydroxyl groups is 1. The smallest absolute Gasteiger partial charge is 0.339 e. The molecule has 0 radical (unpaired) electrons. The second-order valence-electron chi connectivity index (χ2n) is 7.11. The van der Waals surface area contributed by atoms with Crippen molar-refractivity contribution in [2.24, 2.45) is 0 Å². The highest BCUT2D eigenvalue weighted by molar-refractivity contribution is 9.10. The number of phenols is 1. The molecule has 1 heterocycles. The van der Waals surface area contributed by atoms with Gasteiger partial charge in [0.1, 0.15) is 17.5 Å². The number of nitrogens with one attached hydrogen (secondary N) is 2. The van der Waals surface area contributed by atoms with Gasteiger partial charge in [-0.2, -0.15) is 16.7 Å². The molecule has 0 saturated carbocycles. The summed E-state index contributed by atoms with van der Waals surface area (Å²) in [6.07, 6.45) is 0. The molecule has 0 aliphatic heterocycles. The molecule has 186 valence electrons. The fraction of sp³-hybridized carbons (Fsp3) is 0.273. The highest BCUT2D eigenvalue weighted by atomic mass is 79.9. The highest BCUT2D eigenvalue weighted by Crippen LogP contribution is 2.39. The Balaban J connectivity index is 1.76. The van der Waals surface area contributed by atoms with Crippen molar-refractivity contribution in [1.82, 2.24) is 15.5 Å². The number of nitrogens with zero attached hydrogens (tertiary/aromatic N) is 2. The molecule has 0 fully saturated rings. The monoisotopic (exact) mass is 600 g/mol. The van der Waals surface area contributed by atoms with Gasteiger partial charge in [-0.15, -0.1) is 0 Å². The number of aromatic nitrogens is 2. The highest BCUT2D eigenvalue weighted by Gasteiger charge is 2.25. The number of benzene rings is 2. The Morgan fingerprint density at radius 2 is 2.06 bits per heavy atom. The summed E-state index contributed by atoms with van der Waals surface area (Å²) in [5, 5.41) is 21.7. The van der Waals surface area contributed by atoms with Crippen LogP contribution in [0.5, 0.6) is 11.5 Å². The summed E-state index contributed by atoms with van der Waals surface area (Å²) in [6.45, 7) is 1.72. The number of phenolic OH excluding ortho intramolecular Hbond substituents is 1. The number of thioether (sulfide) groups is 1. The van der Waals surface area contributed by atoms with Crippen molar-refractivity contribution >= 4 is 68.3 Å². The Morgan fingerprint density at radius 3 is 2.66 bits per heavy atom. The number of hydrogen-bond acceptors (Lipinski definition) is 9. The van der Waals surface area contributed by atoms with Crippen molar-refractivity contribution < 1.29 is 23.9 Å². The van der Waals surface area contributed by atoms with Crippen LogP contribution in [0.2, 0.25) is 5.02 Å². The maximum absolute atomic E-state index is 12.4. The number of anilines is 1. The Labute approximate surface area is 225 Å². The number of rotatable bonds is 9. The first-order valence-electron chi connectivity index (χ1n) is 10.1. The molecule has 2 aromatic carbocycles. The third kappa shape index (κ3) is 7.00. The molecule has 3 N–H and O–H groups in total. The molecule has 13 heteroatoms. The van der Waals surface area contributed by atoms with E-state index in [1.165, 1.54) is 32.0 Å². The van der Waals surface area contributed by atoms with Gasteiger partial charge in [0.15, 0.2) is 10.9 Å². The first-order valence-corrected chi connectivity index (χ1v) is 12.8. The van der Waals surface area contributed by atoms with E-state index in [4.69, 9.17) is 37.8 Å². The van der Waals surface area contributed by atoms with Crippen LogP contribution in [-0.2, 0) is 10.5 Å². The summed E-state index contributed by atoms with van der Waals surface area (Å²) >= 11 is 16.2. The van der Waals surface area contributed by atoms with Gasteiger partial charge in [0.05, 0.1) is 24.3 Å². The summed E-state index contributed by atoms with van der Waals surface area (Å²) < 4.78 is 15.9. The van der Waals surface area contributed by atoms with E-state index in [0.717, 1.165) is 5.69 Å². The van der Waals surface area contributed by atoms with Crippen molar-refractivity contribution in [3.05, 3.63) is 62.7 Å². The van der Waals surface area contributed by atoms with Crippen LogP contribution in [-0.4, -0.2) is 46.3 Å². The van der Waals surface area contributed by atoms with Gasteiger partial charge < -0.3 is 29.7 Å². The minimum Gasteiger partial charge on any atom is -0.507 e. The Kier molecular flexibility index (Phi) is 9.61. The Bertz CT molecular complexity index is 1210. The Hall–Kier alpha value is -2.54. The number of carbonyl (C=O) groups is 1. The van der Waals surface area contributed by atoms with Crippen LogP contribution in [0.3, 0.4) is 0 Å². The van der Waals surface area contributed by atoms with E-state index in [1.54, 1.807) is 31.2 Å². The second kappa shape index (κ2) is 12.4. The molecule has 0 bridgehead atoms. The predicted octanol–water partition coefficient (Wildman–Crippen LogP) is 5.26. The summed E-state index contributed by atoms with van der Waals surface area (Å²) in [7, 11) is 2.72. The van der Waals surface area contributed by atoms with E-state index >= 15 is 0 Å². The summed E-state index contributed by atoms with van der Waals surface area (Å²) in [4.78, 5) is 16.7. The molecule has 0 aliphatic carbocycles. The van der Waals surface area contributed by atoms with Crippen LogP contribution in [0.25, 0.3) is 0 Å². The maximum Gasteiger partial charge on any atom is 0.339 e. The number of carbonyl (C=O) groups excluding carboxylic acids is 1. The van der Waals surface area contributed by atoms with Crippen LogP contribution < -0.4 is 15.4 Å². The zero-order valence-corrected chi connectivity index (χ0v) is 22.9. The lowest BCUT2D eigenvalue weighted by Crippen LogP contribution is -2.33. The molecule has 0 saturated heterocycles. The predicted molar refractivity (Wildman–Crippen MR) is 142 cm³/mol. The molecule has 1 aromatic heterocycles. The zero-order chi connectivity index (χ0) is 25.5. The number of aryl methyl sites for hydroxylation is 1. The number of ether oxygens (including phenoxy) is 2. The summed E-state index contributed by atoms with van der Waals surface area (Å²) in [5.41, 5.74) is 1.35. The lowest BCUT2D eigenvalue weighted by atomic mass is 10.1. The van der Waals surface area contributed by atoms with E-state index in [9.17, 15) is 9.90 Å². The van der Waals surface area contributed by atoms with E-state index in [2.05, 4.69) is 36.7 Å². The van der Waals surface area contributed by atoms with Gasteiger partial charge in [0, 0.05) is 33.8 Å². The van der Waals surface area contributed by atoms with Crippen molar-refractivity contribution in [3.8, 4) is 11.5 Å². The average Bonchev–Trinajstić information content (AvgIpc) is 3.27. The molecule has 35 heavy (non-hydrogen) atoms. The van der Waals surface area contributed by atoms with Gasteiger partial charge in [-0.1, -0.05) is 16.8 Å². The van der Waals surface area contributed by atoms with Gasteiger partial charge in [-0.25, -0.2) is 4.79 Å². The molecule has 3 aromatic rings. The van der Waals surface area contributed by atoms with Crippen molar-refractivity contribution in [1.29, 1.82) is 0 Å². The normalized spacial score (nSPS) is 11.6. The summed E-state index contributed by atoms with van der Waals surface area (Å²) in [5.74, 6) is 1.17. The molecule has 0 unspecified atom stereocenters. The van der Waals surface area contributed by atoms with Crippen LogP contribution in [0.4, 0.5) is 5.69 Å². The minimum absolute atomic E-state index is 0.0870. The topological polar surface area (TPSA) is 119 Å². The largest absolute Gasteiger partial charge is 0.507 e.